The molecule has 3 heteroatoms. The fourth-order valence-corrected chi connectivity index (χ4v) is 2.31. The summed E-state index contributed by atoms with van der Waals surface area (Å²) < 4.78 is 13.1. The van der Waals surface area contributed by atoms with Gasteiger partial charge < -0.3 is 4.90 Å². The molecule has 0 bridgehead atoms. The molecular formula is C14H13FN2. The number of benzene rings is 1. The number of halogens is 1. The number of hydrogen-bond donors (Lipinski definition) is 0. The summed E-state index contributed by atoms with van der Waals surface area (Å²) in [4.78, 5) is 6.14. The lowest BCUT2D eigenvalue weighted by atomic mass is 10.1. The number of allylic oxidation sites excluding steroid dienone is 1. The van der Waals surface area contributed by atoms with E-state index in [-0.39, 0.29) is 5.82 Å². The van der Waals surface area contributed by atoms with Crippen molar-refractivity contribution in [3.63, 3.8) is 0 Å². The molecule has 86 valence electrons. The Morgan fingerprint density at radius 1 is 1.29 bits per heavy atom. The highest BCUT2D eigenvalue weighted by Gasteiger charge is 2.17. The molecule has 0 saturated carbocycles. The van der Waals surface area contributed by atoms with Crippen LogP contribution in [0, 0.1) is 5.82 Å². The van der Waals surface area contributed by atoms with E-state index < -0.39 is 0 Å². The molecule has 1 aromatic rings. The molecule has 0 radical (unpaired) electrons. The molecule has 1 aliphatic carbocycles. The minimum atomic E-state index is -0.146. The Labute approximate surface area is 99.8 Å². The third-order valence-electron chi connectivity index (χ3n) is 3.12. The summed E-state index contributed by atoms with van der Waals surface area (Å²) in [5, 5.41) is 0. The van der Waals surface area contributed by atoms with Gasteiger partial charge in [0.1, 0.15) is 5.82 Å². The van der Waals surface area contributed by atoms with Crippen molar-refractivity contribution < 1.29 is 4.39 Å². The highest BCUT2D eigenvalue weighted by Crippen LogP contribution is 2.32. The second kappa shape index (κ2) is 4.17. The molecule has 3 rings (SSSR count). The van der Waals surface area contributed by atoms with Crippen LogP contribution in [-0.2, 0) is 6.42 Å². The molecule has 0 atom stereocenters. The first-order valence-electron chi connectivity index (χ1n) is 5.76. The zero-order valence-electron chi connectivity index (χ0n) is 9.44. The van der Waals surface area contributed by atoms with Crippen LogP contribution in [0.3, 0.4) is 0 Å². The van der Waals surface area contributed by atoms with Crippen LogP contribution in [0.15, 0.2) is 41.7 Å². The van der Waals surface area contributed by atoms with Crippen LogP contribution in [0.4, 0.5) is 4.39 Å². The van der Waals surface area contributed by atoms with Gasteiger partial charge in [0.2, 0.25) is 0 Å². The molecule has 0 spiro atoms. The number of aryl methyl sites for hydroxylation is 1. The number of nitrogens with zero attached hydrogens (tertiary/aromatic N) is 2. The molecule has 0 aromatic heterocycles. The number of fused-ring (bicyclic) bond motifs is 1. The Bertz CT molecular complexity index is 529. The van der Waals surface area contributed by atoms with Gasteiger partial charge in [0.25, 0.3) is 0 Å². The first-order valence-corrected chi connectivity index (χ1v) is 5.76. The van der Waals surface area contributed by atoms with E-state index in [1.807, 2.05) is 23.4 Å². The van der Waals surface area contributed by atoms with E-state index in [0.717, 1.165) is 24.9 Å². The van der Waals surface area contributed by atoms with Gasteiger partial charge in [-0.25, -0.2) is 9.38 Å². The van der Waals surface area contributed by atoms with Crippen LogP contribution in [-0.4, -0.2) is 17.8 Å². The van der Waals surface area contributed by atoms with Crippen LogP contribution in [0.25, 0.3) is 5.57 Å². The molecule has 1 aromatic carbocycles. The molecule has 1 heterocycles. The fourth-order valence-electron chi connectivity index (χ4n) is 2.31. The topological polar surface area (TPSA) is 15.6 Å². The van der Waals surface area contributed by atoms with Crippen molar-refractivity contribution in [2.24, 2.45) is 4.99 Å². The first-order chi connectivity index (χ1) is 8.33. The lowest BCUT2D eigenvalue weighted by molar-refractivity contribution is 0.626. The van der Waals surface area contributed by atoms with Crippen LogP contribution >= 0.6 is 0 Å². The summed E-state index contributed by atoms with van der Waals surface area (Å²) in [6.07, 6.45) is 9.64. The molecule has 1 aliphatic heterocycles. The lowest BCUT2D eigenvalue weighted by Crippen LogP contribution is -2.17. The molecule has 0 N–H and O–H groups in total. The Hall–Kier alpha value is -1.90. The fraction of sp³-hybridized carbons (Fsp3) is 0.214. The Morgan fingerprint density at radius 2 is 2.24 bits per heavy atom. The lowest BCUT2D eigenvalue weighted by Gasteiger charge is -2.15. The average molecular weight is 228 g/mol. The van der Waals surface area contributed by atoms with E-state index in [2.05, 4.69) is 11.2 Å². The van der Waals surface area contributed by atoms with Gasteiger partial charge >= 0.3 is 0 Å². The zero-order chi connectivity index (χ0) is 11.7. The van der Waals surface area contributed by atoms with Gasteiger partial charge in [-0.3, -0.25) is 0 Å². The average Bonchev–Trinajstić information content (AvgIpc) is 2.73. The minimum absolute atomic E-state index is 0.146. The smallest absolute Gasteiger partial charge is 0.123 e. The normalized spacial score (nSPS) is 20.1. The van der Waals surface area contributed by atoms with E-state index in [0.29, 0.717) is 0 Å². The van der Waals surface area contributed by atoms with Crippen LogP contribution in [0.2, 0.25) is 0 Å². The predicted octanol–water partition coefficient (Wildman–Crippen LogP) is 2.97. The molecule has 0 saturated heterocycles. The molecule has 2 aliphatic rings. The van der Waals surface area contributed by atoms with Gasteiger partial charge in [-0.05, 0) is 47.8 Å². The number of aliphatic imine (C=N–C) groups is 1. The summed E-state index contributed by atoms with van der Waals surface area (Å²) in [7, 11) is 0. The van der Waals surface area contributed by atoms with E-state index in [4.69, 9.17) is 0 Å². The predicted molar refractivity (Wildman–Crippen MR) is 67.0 cm³/mol. The molecule has 2 nitrogen and oxygen atoms in total. The highest BCUT2D eigenvalue weighted by molar-refractivity contribution is 5.74. The highest BCUT2D eigenvalue weighted by atomic mass is 19.1. The summed E-state index contributed by atoms with van der Waals surface area (Å²) in [5.74, 6) is -0.146. The number of rotatable bonds is 1. The van der Waals surface area contributed by atoms with Crippen LogP contribution in [0.1, 0.15) is 17.5 Å². The van der Waals surface area contributed by atoms with Crippen molar-refractivity contribution in [1.29, 1.82) is 0 Å². The van der Waals surface area contributed by atoms with E-state index in [9.17, 15) is 4.39 Å². The Morgan fingerprint density at radius 3 is 3.06 bits per heavy atom. The van der Waals surface area contributed by atoms with Gasteiger partial charge in [-0.15, -0.1) is 0 Å². The molecule has 0 amide bonds. The standard InChI is InChI=1S/C14H13FN2/c15-13-4-5-14-11(8-13)2-3-12(14)9-17-7-1-6-16-10-17/h1,4-6,8-10H,2-3,7H2/b12-9-. The summed E-state index contributed by atoms with van der Waals surface area (Å²) in [6.45, 7) is 0.851. The maximum absolute atomic E-state index is 13.1. The van der Waals surface area contributed by atoms with E-state index in [1.54, 1.807) is 12.3 Å². The number of hydrogen-bond acceptors (Lipinski definition) is 2. The second-order valence-electron chi connectivity index (χ2n) is 4.30. The van der Waals surface area contributed by atoms with Gasteiger partial charge in [-0.2, -0.15) is 0 Å². The van der Waals surface area contributed by atoms with Crippen LogP contribution in [0.5, 0.6) is 0 Å². The van der Waals surface area contributed by atoms with E-state index >= 15 is 0 Å². The van der Waals surface area contributed by atoms with Gasteiger partial charge in [0, 0.05) is 18.9 Å². The molecule has 17 heavy (non-hydrogen) atoms. The van der Waals surface area contributed by atoms with Crippen molar-refractivity contribution in [3.8, 4) is 0 Å². The zero-order valence-corrected chi connectivity index (χ0v) is 9.44. The van der Waals surface area contributed by atoms with Crippen molar-refractivity contribution in [3.05, 3.63) is 53.6 Å². The monoisotopic (exact) mass is 228 g/mol. The SMILES string of the molecule is Fc1ccc2c(c1)CC/C2=C/N1C=NC=CC1. The molecular weight excluding hydrogens is 215 g/mol. The third kappa shape index (κ3) is 2.00. The Kier molecular flexibility index (Phi) is 2.52. The first kappa shape index (κ1) is 10.3. The Balaban J connectivity index is 1.90. The van der Waals surface area contributed by atoms with Gasteiger partial charge in [0.15, 0.2) is 0 Å². The van der Waals surface area contributed by atoms with Crippen molar-refractivity contribution in [2.45, 2.75) is 12.8 Å². The van der Waals surface area contributed by atoms with Crippen molar-refractivity contribution in [2.75, 3.05) is 6.54 Å². The second-order valence-corrected chi connectivity index (χ2v) is 4.30. The summed E-state index contributed by atoms with van der Waals surface area (Å²) in [5.41, 5.74) is 3.55. The van der Waals surface area contributed by atoms with Gasteiger partial charge in [0.05, 0.1) is 6.34 Å². The maximum atomic E-state index is 13.1. The van der Waals surface area contributed by atoms with E-state index in [1.165, 1.54) is 17.2 Å². The minimum Gasteiger partial charge on any atom is -0.335 e. The van der Waals surface area contributed by atoms with Crippen molar-refractivity contribution >= 4 is 11.9 Å². The third-order valence-corrected chi connectivity index (χ3v) is 3.12. The maximum Gasteiger partial charge on any atom is 0.123 e. The summed E-state index contributed by atoms with van der Waals surface area (Å²) >= 11 is 0. The largest absolute Gasteiger partial charge is 0.335 e. The van der Waals surface area contributed by atoms with Crippen LogP contribution < -0.4 is 0 Å². The molecule has 0 unspecified atom stereocenters. The molecule has 0 fully saturated rings. The van der Waals surface area contributed by atoms with Crippen molar-refractivity contribution in [1.82, 2.24) is 4.90 Å². The van der Waals surface area contributed by atoms with Gasteiger partial charge in [-0.1, -0.05) is 6.07 Å². The quantitative estimate of drug-likeness (QED) is 0.721. The summed E-state index contributed by atoms with van der Waals surface area (Å²) in [6, 6.07) is 5.04.